The molecule has 1 aliphatic heterocycles. The topological polar surface area (TPSA) is 130 Å². The lowest BCUT2D eigenvalue weighted by molar-refractivity contribution is -0.385. The van der Waals surface area contributed by atoms with Crippen molar-refractivity contribution in [2.24, 2.45) is 0 Å². The van der Waals surface area contributed by atoms with Crippen molar-refractivity contribution in [3.63, 3.8) is 0 Å². The Kier molecular flexibility index (Phi) is 6.18. The number of amides is 1. The van der Waals surface area contributed by atoms with Crippen LogP contribution in [0.4, 0.5) is 5.69 Å². The van der Waals surface area contributed by atoms with E-state index in [1.54, 1.807) is 24.3 Å². The van der Waals surface area contributed by atoms with Gasteiger partial charge in [-0.1, -0.05) is 29.8 Å². The fourth-order valence-electron chi connectivity index (χ4n) is 3.14. The van der Waals surface area contributed by atoms with Gasteiger partial charge in [-0.15, -0.1) is 0 Å². The van der Waals surface area contributed by atoms with E-state index in [0.29, 0.717) is 5.02 Å². The molecule has 2 aromatic rings. The van der Waals surface area contributed by atoms with Crippen LogP contribution in [0, 0.1) is 10.1 Å². The summed E-state index contributed by atoms with van der Waals surface area (Å²) in [6, 6.07) is 10.3. The monoisotopic (exact) mass is 439 g/mol. The number of nitro groups is 1. The van der Waals surface area contributed by atoms with Gasteiger partial charge in [0, 0.05) is 36.7 Å². The van der Waals surface area contributed by atoms with Crippen LogP contribution in [0.25, 0.3) is 0 Å². The molecular weight excluding hydrogens is 422 g/mol. The minimum Gasteiger partial charge on any atom is -0.392 e. The van der Waals surface area contributed by atoms with Crippen molar-refractivity contribution in [1.29, 1.82) is 0 Å². The van der Waals surface area contributed by atoms with Gasteiger partial charge in [0.2, 0.25) is 15.9 Å². The Morgan fingerprint density at radius 3 is 2.69 bits per heavy atom. The molecule has 0 spiro atoms. The van der Waals surface area contributed by atoms with E-state index in [-0.39, 0.29) is 30.1 Å². The summed E-state index contributed by atoms with van der Waals surface area (Å²) in [6.45, 7) is -0.142. The lowest BCUT2D eigenvalue weighted by Crippen LogP contribution is -2.45. The number of non-ortho nitro benzene ring substituents is 1. The van der Waals surface area contributed by atoms with Crippen LogP contribution in [0.15, 0.2) is 53.4 Å². The standard InChI is InChI=1S/C18H18ClN3O6S/c19-13-4-1-3-12(7-13)10-20-18(24)17-9-15(23)11-21(17)29(27,28)16-6-2-5-14(8-16)22(25)26/h1-8,15,17,23H,9-11H2,(H,20,24)/t15-,17+/m1/s1. The van der Waals surface area contributed by atoms with Crippen LogP contribution < -0.4 is 5.32 Å². The largest absolute Gasteiger partial charge is 0.392 e. The van der Waals surface area contributed by atoms with Crippen LogP contribution >= 0.6 is 11.6 Å². The van der Waals surface area contributed by atoms with Crippen molar-refractivity contribution in [3.05, 3.63) is 69.2 Å². The van der Waals surface area contributed by atoms with Crippen molar-refractivity contribution >= 4 is 33.2 Å². The Bertz CT molecular complexity index is 1050. The van der Waals surface area contributed by atoms with Crippen LogP contribution in [-0.2, 0) is 21.4 Å². The molecule has 0 aliphatic carbocycles. The van der Waals surface area contributed by atoms with Gasteiger partial charge in [-0.25, -0.2) is 8.42 Å². The number of aliphatic hydroxyl groups is 1. The Morgan fingerprint density at radius 1 is 1.28 bits per heavy atom. The van der Waals surface area contributed by atoms with Gasteiger partial charge in [-0.05, 0) is 23.8 Å². The molecular formula is C18H18ClN3O6S. The van der Waals surface area contributed by atoms with Gasteiger partial charge >= 0.3 is 0 Å². The molecule has 11 heteroatoms. The molecule has 1 heterocycles. The highest BCUT2D eigenvalue weighted by molar-refractivity contribution is 7.89. The molecule has 0 aromatic heterocycles. The van der Waals surface area contributed by atoms with Crippen LogP contribution in [0.1, 0.15) is 12.0 Å². The van der Waals surface area contributed by atoms with E-state index in [4.69, 9.17) is 11.6 Å². The number of benzene rings is 2. The van der Waals surface area contributed by atoms with Crippen molar-refractivity contribution in [1.82, 2.24) is 9.62 Å². The van der Waals surface area contributed by atoms with E-state index in [0.717, 1.165) is 15.9 Å². The van der Waals surface area contributed by atoms with Gasteiger partial charge in [0.05, 0.1) is 15.9 Å². The van der Waals surface area contributed by atoms with E-state index in [9.17, 15) is 28.4 Å². The summed E-state index contributed by atoms with van der Waals surface area (Å²) in [5.41, 5.74) is 0.352. The zero-order chi connectivity index (χ0) is 21.2. The quantitative estimate of drug-likeness (QED) is 0.520. The van der Waals surface area contributed by atoms with E-state index >= 15 is 0 Å². The summed E-state index contributed by atoms with van der Waals surface area (Å²) >= 11 is 5.91. The first-order chi connectivity index (χ1) is 13.7. The molecule has 2 aromatic carbocycles. The molecule has 9 nitrogen and oxygen atoms in total. The number of hydrogen-bond acceptors (Lipinski definition) is 6. The van der Waals surface area contributed by atoms with Gasteiger partial charge < -0.3 is 10.4 Å². The summed E-state index contributed by atoms with van der Waals surface area (Å²) in [5, 5.41) is 24.1. The second-order valence-corrected chi connectivity index (χ2v) is 8.91. The Hall–Kier alpha value is -2.53. The Morgan fingerprint density at radius 2 is 2.00 bits per heavy atom. The lowest BCUT2D eigenvalue weighted by atomic mass is 10.2. The van der Waals surface area contributed by atoms with Gasteiger partial charge in [-0.2, -0.15) is 4.31 Å². The third-order valence-electron chi connectivity index (χ3n) is 4.53. The van der Waals surface area contributed by atoms with Gasteiger partial charge in [0.25, 0.3) is 5.69 Å². The SMILES string of the molecule is O=C(NCc1cccc(Cl)c1)[C@@H]1C[C@@H](O)CN1S(=O)(=O)c1cccc([N+](=O)[O-])c1. The maximum absolute atomic E-state index is 13.0. The first kappa shape index (κ1) is 21.2. The number of halogens is 1. The van der Waals surface area contributed by atoms with E-state index in [1.165, 1.54) is 18.2 Å². The smallest absolute Gasteiger partial charge is 0.270 e. The molecule has 1 saturated heterocycles. The van der Waals surface area contributed by atoms with E-state index in [1.807, 2.05) is 0 Å². The maximum atomic E-state index is 13.0. The normalized spacial score (nSPS) is 19.8. The molecule has 0 bridgehead atoms. The van der Waals surface area contributed by atoms with Crippen LogP contribution in [0.2, 0.25) is 5.02 Å². The highest BCUT2D eigenvalue weighted by Gasteiger charge is 2.43. The average Bonchev–Trinajstić information content (AvgIpc) is 3.09. The van der Waals surface area contributed by atoms with Crippen LogP contribution in [0.5, 0.6) is 0 Å². The molecule has 2 atom stereocenters. The number of rotatable bonds is 6. The fourth-order valence-corrected chi connectivity index (χ4v) is 5.02. The minimum absolute atomic E-state index is 0.0739. The summed E-state index contributed by atoms with van der Waals surface area (Å²) in [4.78, 5) is 22.6. The zero-order valence-electron chi connectivity index (χ0n) is 15.1. The average molecular weight is 440 g/mol. The summed E-state index contributed by atoms with van der Waals surface area (Å²) in [5.74, 6) is -0.574. The number of carbonyl (C=O) groups is 1. The molecule has 29 heavy (non-hydrogen) atoms. The zero-order valence-corrected chi connectivity index (χ0v) is 16.6. The number of nitro benzene ring substituents is 1. The Balaban J connectivity index is 1.81. The van der Waals surface area contributed by atoms with Crippen LogP contribution in [0.3, 0.4) is 0 Å². The van der Waals surface area contributed by atoms with E-state index in [2.05, 4.69) is 5.32 Å². The fraction of sp³-hybridized carbons (Fsp3) is 0.278. The van der Waals surface area contributed by atoms with E-state index < -0.39 is 33.0 Å². The predicted molar refractivity (Wildman–Crippen MR) is 105 cm³/mol. The molecule has 3 rings (SSSR count). The third kappa shape index (κ3) is 4.73. The summed E-state index contributed by atoms with van der Waals surface area (Å²) < 4.78 is 26.8. The molecule has 1 amide bonds. The highest BCUT2D eigenvalue weighted by atomic mass is 35.5. The molecule has 0 radical (unpaired) electrons. The highest BCUT2D eigenvalue weighted by Crippen LogP contribution is 2.28. The van der Waals surface area contributed by atoms with Crippen molar-refractivity contribution in [2.45, 2.75) is 30.0 Å². The lowest BCUT2D eigenvalue weighted by Gasteiger charge is -2.23. The predicted octanol–water partition coefficient (Wildman–Crippen LogP) is 1.69. The number of β-amino-alcohol motifs (C(OH)–C–C–N with tert-alkyl or cyclic N) is 1. The van der Waals surface area contributed by atoms with Crippen LogP contribution in [-0.4, -0.2) is 47.4 Å². The molecule has 1 fully saturated rings. The minimum atomic E-state index is -4.22. The first-order valence-electron chi connectivity index (χ1n) is 8.65. The number of carbonyl (C=O) groups excluding carboxylic acids is 1. The third-order valence-corrected chi connectivity index (χ3v) is 6.63. The molecule has 154 valence electrons. The van der Waals surface area contributed by atoms with Crippen molar-refractivity contribution < 1.29 is 23.2 Å². The number of nitrogens with one attached hydrogen (secondary N) is 1. The Labute approximate surface area is 172 Å². The number of nitrogens with zero attached hydrogens (tertiary/aromatic N) is 2. The van der Waals surface area contributed by atoms with Crippen molar-refractivity contribution in [2.75, 3.05) is 6.54 Å². The second kappa shape index (κ2) is 8.46. The summed E-state index contributed by atoms with van der Waals surface area (Å²) in [6.07, 6.45) is -1.10. The van der Waals surface area contributed by atoms with Gasteiger partial charge in [0.15, 0.2) is 0 Å². The summed E-state index contributed by atoms with van der Waals surface area (Å²) in [7, 11) is -4.22. The number of aliphatic hydroxyl groups excluding tert-OH is 1. The van der Waals surface area contributed by atoms with Crippen molar-refractivity contribution in [3.8, 4) is 0 Å². The number of sulfonamides is 1. The van der Waals surface area contributed by atoms with Gasteiger partial charge in [0.1, 0.15) is 6.04 Å². The molecule has 2 N–H and O–H groups in total. The molecule has 1 aliphatic rings. The first-order valence-corrected chi connectivity index (χ1v) is 10.5. The maximum Gasteiger partial charge on any atom is 0.270 e. The second-order valence-electron chi connectivity index (χ2n) is 6.58. The number of hydrogen-bond donors (Lipinski definition) is 2. The molecule has 0 unspecified atom stereocenters. The van der Waals surface area contributed by atoms with Gasteiger partial charge in [-0.3, -0.25) is 14.9 Å². The molecule has 0 saturated carbocycles.